The molecule has 5 heteroatoms. The third kappa shape index (κ3) is 4.09. The van der Waals surface area contributed by atoms with Gasteiger partial charge in [-0.15, -0.1) is 0 Å². The fraction of sp³-hybridized carbons (Fsp3) is 0.176. The standard InChI is InChI=1S/C17H17NO4/c1-22-14-9-5-8-13(10-14)17(21)18-15(11-16(19)20)12-6-3-2-4-7-12/h2-10,15H,11H2,1H3,(H,18,21)(H,19,20). The minimum atomic E-state index is -0.972. The van der Waals surface area contributed by atoms with Gasteiger partial charge in [0.15, 0.2) is 0 Å². The number of carboxylic acids is 1. The molecule has 1 unspecified atom stereocenters. The Hall–Kier alpha value is -2.82. The number of hydrogen-bond acceptors (Lipinski definition) is 3. The van der Waals surface area contributed by atoms with Gasteiger partial charge in [-0.1, -0.05) is 36.4 Å². The van der Waals surface area contributed by atoms with Gasteiger partial charge in [0.25, 0.3) is 5.91 Å². The molecular weight excluding hydrogens is 282 g/mol. The van der Waals surface area contributed by atoms with Gasteiger partial charge in [-0.25, -0.2) is 0 Å². The fourth-order valence-electron chi connectivity index (χ4n) is 2.12. The van der Waals surface area contributed by atoms with Crippen molar-refractivity contribution in [3.8, 4) is 5.75 Å². The van der Waals surface area contributed by atoms with Crippen LogP contribution in [0.3, 0.4) is 0 Å². The van der Waals surface area contributed by atoms with Crippen molar-refractivity contribution in [2.75, 3.05) is 7.11 Å². The van der Waals surface area contributed by atoms with Crippen molar-refractivity contribution in [2.24, 2.45) is 0 Å². The first-order valence-corrected chi connectivity index (χ1v) is 6.82. The molecule has 0 spiro atoms. The minimum absolute atomic E-state index is 0.181. The number of ether oxygens (including phenoxy) is 1. The largest absolute Gasteiger partial charge is 0.497 e. The van der Waals surface area contributed by atoms with Crippen LogP contribution >= 0.6 is 0 Å². The van der Waals surface area contributed by atoms with Crippen LogP contribution in [-0.4, -0.2) is 24.1 Å². The molecule has 2 rings (SSSR count). The molecule has 0 radical (unpaired) electrons. The maximum Gasteiger partial charge on any atom is 0.305 e. The zero-order valence-electron chi connectivity index (χ0n) is 12.2. The third-order valence-corrected chi connectivity index (χ3v) is 3.22. The lowest BCUT2D eigenvalue weighted by atomic mass is 10.0. The second-order valence-electron chi connectivity index (χ2n) is 4.77. The van der Waals surface area contributed by atoms with E-state index in [0.29, 0.717) is 11.3 Å². The Balaban J connectivity index is 2.19. The average Bonchev–Trinajstić information content (AvgIpc) is 2.54. The Labute approximate surface area is 128 Å². The molecule has 0 fully saturated rings. The molecule has 0 saturated carbocycles. The molecule has 1 amide bonds. The molecular formula is C17H17NO4. The van der Waals surface area contributed by atoms with Gasteiger partial charge in [0.05, 0.1) is 19.6 Å². The van der Waals surface area contributed by atoms with Crippen LogP contribution < -0.4 is 10.1 Å². The molecule has 0 saturated heterocycles. The lowest BCUT2D eigenvalue weighted by Gasteiger charge is -2.17. The third-order valence-electron chi connectivity index (χ3n) is 3.22. The number of methoxy groups -OCH3 is 1. The van der Waals surface area contributed by atoms with E-state index >= 15 is 0 Å². The number of benzene rings is 2. The fourth-order valence-corrected chi connectivity index (χ4v) is 2.12. The van der Waals surface area contributed by atoms with Gasteiger partial charge >= 0.3 is 5.97 Å². The monoisotopic (exact) mass is 299 g/mol. The minimum Gasteiger partial charge on any atom is -0.497 e. The number of carboxylic acid groups (broad SMARTS) is 1. The Bertz CT molecular complexity index is 655. The van der Waals surface area contributed by atoms with Crippen LogP contribution in [0, 0.1) is 0 Å². The number of carbonyl (C=O) groups is 2. The lowest BCUT2D eigenvalue weighted by Crippen LogP contribution is -2.30. The molecule has 0 heterocycles. The molecule has 1 atom stereocenters. The predicted octanol–water partition coefficient (Wildman–Crippen LogP) is 2.64. The Kier molecular flexibility index (Phi) is 5.14. The van der Waals surface area contributed by atoms with Crippen LogP contribution in [0.1, 0.15) is 28.4 Å². The summed E-state index contributed by atoms with van der Waals surface area (Å²) in [6.07, 6.45) is -0.181. The summed E-state index contributed by atoms with van der Waals surface area (Å²) in [5.74, 6) is -0.740. The van der Waals surface area contributed by atoms with Crippen molar-refractivity contribution in [1.29, 1.82) is 0 Å². The number of rotatable bonds is 6. The molecule has 114 valence electrons. The van der Waals surface area contributed by atoms with Gasteiger partial charge in [-0.05, 0) is 23.8 Å². The summed E-state index contributed by atoms with van der Waals surface area (Å²) in [7, 11) is 1.52. The van der Waals surface area contributed by atoms with E-state index in [1.807, 2.05) is 18.2 Å². The van der Waals surface area contributed by atoms with Crippen molar-refractivity contribution in [2.45, 2.75) is 12.5 Å². The van der Waals surface area contributed by atoms with Crippen molar-refractivity contribution in [1.82, 2.24) is 5.32 Å². The van der Waals surface area contributed by atoms with Gasteiger partial charge in [0.1, 0.15) is 5.75 Å². The summed E-state index contributed by atoms with van der Waals surface area (Å²) in [6.45, 7) is 0. The predicted molar refractivity (Wildman–Crippen MR) is 81.9 cm³/mol. The Morgan fingerprint density at radius 2 is 1.86 bits per heavy atom. The summed E-state index contributed by atoms with van der Waals surface area (Å²) < 4.78 is 5.09. The van der Waals surface area contributed by atoms with Crippen LogP contribution in [0.2, 0.25) is 0 Å². The summed E-state index contributed by atoms with van der Waals surface area (Å²) in [5.41, 5.74) is 1.17. The van der Waals surface area contributed by atoms with E-state index in [-0.39, 0.29) is 12.3 Å². The van der Waals surface area contributed by atoms with E-state index < -0.39 is 12.0 Å². The second kappa shape index (κ2) is 7.26. The molecule has 2 aromatic rings. The highest BCUT2D eigenvalue weighted by Gasteiger charge is 2.18. The molecule has 0 aliphatic carbocycles. The average molecular weight is 299 g/mol. The van der Waals surface area contributed by atoms with Crippen molar-refractivity contribution >= 4 is 11.9 Å². The first kappa shape index (κ1) is 15.6. The highest BCUT2D eigenvalue weighted by Crippen LogP contribution is 2.18. The zero-order valence-corrected chi connectivity index (χ0v) is 12.2. The molecule has 5 nitrogen and oxygen atoms in total. The number of carbonyl (C=O) groups excluding carboxylic acids is 1. The van der Waals surface area contributed by atoms with E-state index in [1.54, 1.807) is 36.4 Å². The summed E-state index contributed by atoms with van der Waals surface area (Å²) in [5, 5.41) is 11.8. The van der Waals surface area contributed by atoms with Crippen molar-refractivity contribution < 1.29 is 19.4 Å². The first-order valence-electron chi connectivity index (χ1n) is 6.82. The highest BCUT2D eigenvalue weighted by atomic mass is 16.5. The molecule has 0 aliphatic heterocycles. The summed E-state index contributed by atoms with van der Waals surface area (Å²) in [4.78, 5) is 23.3. The van der Waals surface area contributed by atoms with E-state index in [1.165, 1.54) is 7.11 Å². The topological polar surface area (TPSA) is 75.6 Å². The maximum atomic E-state index is 12.3. The highest BCUT2D eigenvalue weighted by molar-refractivity contribution is 5.95. The molecule has 0 bridgehead atoms. The molecule has 0 aromatic heterocycles. The summed E-state index contributed by atoms with van der Waals surface area (Å²) >= 11 is 0. The summed E-state index contributed by atoms with van der Waals surface area (Å²) in [6, 6.07) is 15.2. The molecule has 0 aliphatic rings. The Morgan fingerprint density at radius 3 is 2.50 bits per heavy atom. The van der Waals surface area contributed by atoms with Gasteiger partial charge in [-0.3, -0.25) is 9.59 Å². The lowest BCUT2D eigenvalue weighted by molar-refractivity contribution is -0.137. The number of aliphatic carboxylic acids is 1. The van der Waals surface area contributed by atoms with Crippen LogP contribution in [-0.2, 0) is 4.79 Å². The molecule has 2 N–H and O–H groups in total. The van der Waals surface area contributed by atoms with Gasteiger partial charge in [0.2, 0.25) is 0 Å². The normalized spacial score (nSPS) is 11.5. The van der Waals surface area contributed by atoms with Crippen LogP contribution in [0.4, 0.5) is 0 Å². The molecule has 2 aromatic carbocycles. The van der Waals surface area contributed by atoms with E-state index in [0.717, 1.165) is 5.56 Å². The van der Waals surface area contributed by atoms with Crippen molar-refractivity contribution in [3.05, 3.63) is 65.7 Å². The SMILES string of the molecule is COc1cccc(C(=O)NC(CC(=O)O)c2ccccc2)c1. The van der Waals surface area contributed by atoms with E-state index in [2.05, 4.69) is 5.32 Å². The number of hydrogen-bond donors (Lipinski definition) is 2. The van der Waals surface area contributed by atoms with Crippen LogP contribution in [0.5, 0.6) is 5.75 Å². The smallest absolute Gasteiger partial charge is 0.305 e. The van der Waals surface area contributed by atoms with Gasteiger partial charge in [0, 0.05) is 5.56 Å². The maximum absolute atomic E-state index is 12.3. The van der Waals surface area contributed by atoms with Gasteiger partial charge < -0.3 is 15.2 Å². The van der Waals surface area contributed by atoms with Crippen LogP contribution in [0.15, 0.2) is 54.6 Å². The number of amides is 1. The quantitative estimate of drug-likeness (QED) is 0.859. The van der Waals surface area contributed by atoms with Crippen LogP contribution in [0.25, 0.3) is 0 Å². The zero-order chi connectivity index (χ0) is 15.9. The van der Waals surface area contributed by atoms with Gasteiger partial charge in [-0.2, -0.15) is 0 Å². The molecule has 22 heavy (non-hydrogen) atoms. The van der Waals surface area contributed by atoms with E-state index in [4.69, 9.17) is 9.84 Å². The number of nitrogens with one attached hydrogen (secondary N) is 1. The first-order chi connectivity index (χ1) is 10.6. The van der Waals surface area contributed by atoms with E-state index in [9.17, 15) is 9.59 Å². The van der Waals surface area contributed by atoms with Crippen molar-refractivity contribution in [3.63, 3.8) is 0 Å². The Morgan fingerprint density at radius 1 is 1.14 bits per heavy atom. The second-order valence-corrected chi connectivity index (χ2v) is 4.77.